The Bertz CT molecular complexity index is 1430. The van der Waals surface area contributed by atoms with Crippen molar-refractivity contribution in [1.29, 1.82) is 0 Å². The second-order valence-corrected chi connectivity index (χ2v) is 12.9. The molecule has 4 aliphatic rings. The summed E-state index contributed by atoms with van der Waals surface area (Å²) in [5, 5.41) is 21.2. The summed E-state index contributed by atoms with van der Waals surface area (Å²) in [7, 11) is 0. The molecule has 0 aromatic heterocycles. The third kappa shape index (κ3) is 5.76. The number of allylic oxidation sites excluding steroid dienone is 4. The lowest BCUT2D eigenvalue weighted by atomic mass is 9.47. The Morgan fingerprint density at radius 3 is 2.56 bits per heavy atom. The number of hydrogen-bond acceptors (Lipinski definition) is 11. The quantitative estimate of drug-likeness (QED) is 0.170. The van der Waals surface area contributed by atoms with Gasteiger partial charge in [0.1, 0.15) is 6.61 Å². The van der Waals surface area contributed by atoms with Crippen LogP contribution >= 0.6 is 0 Å². The Balaban J connectivity index is 1.36. The first-order valence-corrected chi connectivity index (χ1v) is 15.4. The fourth-order valence-corrected chi connectivity index (χ4v) is 8.57. The van der Waals surface area contributed by atoms with Crippen LogP contribution in [0.4, 0.5) is 4.79 Å². The van der Waals surface area contributed by atoms with Crippen LogP contribution in [-0.4, -0.2) is 65.4 Å². The molecule has 0 spiro atoms. The molecule has 2 fully saturated rings. The Labute approximate surface area is 260 Å². The summed E-state index contributed by atoms with van der Waals surface area (Å²) < 4.78 is 16.4. The van der Waals surface area contributed by atoms with Crippen LogP contribution in [-0.2, 0) is 35.1 Å². The van der Waals surface area contributed by atoms with Crippen molar-refractivity contribution >= 4 is 23.7 Å². The van der Waals surface area contributed by atoms with Gasteiger partial charge in [-0.25, -0.2) is 9.59 Å². The van der Waals surface area contributed by atoms with Gasteiger partial charge < -0.3 is 24.2 Å². The lowest BCUT2D eigenvalue weighted by molar-refractivity contribution is -0.757. The van der Waals surface area contributed by atoms with E-state index in [9.17, 15) is 34.4 Å². The monoisotopic (exact) mass is 625 g/mol. The van der Waals surface area contributed by atoms with Crippen molar-refractivity contribution in [3.63, 3.8) is 0 Å². The Hall–Kier alpha value is -4.06. The van der Waals surface area contributed by atoms with Crippen LogP contribution in [0.3, 0.4) is 0 Å². The summed E-state index contributed by atoms with van der Waals surface area (Å²) >= 11 is 0. The van der Waals surface area contributed by atoms with Crippen LogP contribution in [0.5, 0.6) is 0 Å². The predicted octanol–water partition coefficient (Wildman–Crippen LogP) is 4.35. The van der Waals surface area contributed by atoms with Gasteiger partial charge in [0.05, 0.1) is 18.3 Å². The van der Waals surface area contributed by atoms with E-state index < -0.39 is 52.1 Å². The summed E-state index contributed by atoms with van der Waals surface area (Å²) in [4.78, 5) is 66.7. The number of carbonyl (C=O) groups excluding carboxylic acids is 4. The molecule has 12 heteroatoms. The maximum absolute atomic E-state index is 14.1. The van der Waals surface area contributed by atoms with Gasteiger partial charge >= 0.3 is 12.1 Å². The van der Waals surface area contributed by atoms with Crippen molar-refractivity contribution in [2.75, 3.05) is 19.8 Å². The molecule has 1 aromatic carbocycles. The number of fused-ring (bicyclic) bond motifs is 5. The van der Waals surface area contributed by atoms with Gasteiger partial charge in [-0.3, -0.25) is 9.59 Å². The van der Waals surface area contributed by atoms with Gasteiger partial charge in [-0.05, 0) is 74.6 Å². The highest BCUT2D eigenvalue weighted by atomic mass is 16.9. The number of aliphatic hydroxyl groups is 1. The van der Waals surface area contributed by atoms with Crippen molar-refractivity contribution in [3.8, 4) is 0 Å². The van der Waals surface area contributed by atoms with Gasteiger partial charge in [0.15, 0.2) is 18.0 Å². The lowest BCUT2D eigenvalue weighted by Crippen LogP contribution is -2.63. The third-order valence-electron chi connectivity index (χ3n) is 10.7. The molecule has 0 heterocycles. The number of hydrogen-bond donors (Lipinski definition) is 1. The first-order chi connectivity index (χ1) is 21.3. The summed E-state index contributed by atoms with van der Waals surface area (Å²) in [6, 6.07) is 6.19. The Morgan fingerprint density at radius 2 is 1.87 bits per heavy atom. The number of nitrogens with zero attached hydrogens (tertiary/aromatic N) is 1. The van der Waals surface area contributed by atoms with Crippen LogP contribution in [0.1, 0.15) is 68.8 Å². The zero-order valence-electron chi connectivity index (χ0n) is 25.7. The van der Waals surface area contributed by atoms with E-state index in [0.717, 1.165) is 5.57 Å². The van der Waals surface area contributed by atoms with Gasteiger partial charge in [-0.15, -0.1) is 10.1 Å². The van der Waals surface area contributed by atoms with Gasteiger partial charge in [-0.1, -0.05) is 43.7 Å². The Morgan fingerprint density at radius 1 is 1.13 bits per heavy atom. The zero-order valence-corrected chi connectivity index (χ0v) is 25.7. The lowest BCUT2D eigenvalue weighted by Gasteiger charge is -2.59. The second-order valence-electron chi connectivity index (χ2n) is 12.9. The molecule has 0 saturated heterocycles. The van der Waals surface area contributed by atoms with E-state index in [1.807, 2.05) is 13.0 Å². The standard InChI is InChI=1S/C33H39NO11/c1-4-42-30(39)45-33(27(37)19-43-29(38)21-7-5-20(6-8-21)13-16-44-34(40)41)15-12-25-24-10-9-22-17-23(35)11-14-31(22,2)28(24)26(36)18-32(25,33)3/h5-9,11,14,24-26,28,36H,4,10,12-13,15-19H2,1-3H3/t24-,25-,26-,28+,31-,32-,33-/m0/s1. The fraction of sp³-hybridized carbons (Fsp3) is 0.576. The molecule has 0 radical (unpaired) electrons. The van der Waals surface area contributed by atoms with E-state index >= 15 is 0 Å². The molecule has 2 saturated carbocycles. The largest absolute Gasteiger partial charge is 0.509 e. The molecule has 0 amide bonds. The molecule has 1 N–H and O–H groups in total. The number of esters is 1. The maximum atomic E-state index is 14.1. The highest BCUT2D eigenvalue weighted by Gasteiger charge is 2.70. The predicted molar refractivity (Wildman–Crippen MR) is 157 cm³/mol. The van der Waals surface area contributed by atoms with E-state index in [0.29, 0.717) is 24.8 Å². The highest BCUT2D eigenvalue weighted by molar-refractivity contribution is 5.96. The minimum absolute atomic E-state index is 0.0356. The molecule has 12 nitrogen and oxygen atoms in total. The van der Waals surface area contributed by atoms with Crippen LogP contribution in [0.25, 0.3) is 0 Å². The number of ether oxygens (including phenoxy) is 3. The molecule has 0 aliphatic heterocycles. The van der Waals surface area contributed by atoms with Crippen LogP contribution in [0.15, 0.2) is 48.1 Å². The van der Waals surface area contributed by atoms with Crippen molar-refractivity contribution < 1.29 is 48.4 Å². The minimum atomic E-state index is -1.69. The molecule has 0 unspecified atom stereocenters. The number of carbonyl (C=O) groups is 4. The summed E-state index contributed by atoms with van der Waals surface area (Å²) in [5.41, 5.74) is -1.29. The molecule has 7 atom stereocenters. The maximum Gasteiger partial charge on any atom is 0.509 e. The molecule has 4 aliphatic carbocycles. The first kappa shape index (κ1) is 32.3. The van der Waals surface area contributed by atoms with Crippen LogP contribution in [0, 0.1) is 38.7 Å². The average molecular weight is 626 g/mol. The average Bonchev–Trinajstić information content (AvgIpc) is 3.28. The molecule has 0 bridgehead atoms. The van der Waals surface area contributed by atoms with Gasteiger partial charge in [0.25, 0.3) is 5.09 Å². The Kier molecular flexibility index (Phi) is 8.90. The number of rotatable bonds is 10. The number of benzene rings is 1. The van der Waals surface area contributed by atoms with Crippen molar-refractivity contribution in [2.45, 2.75) is 71.0 Å². The van der Waals surface area contributed by atoms with E-state index in [-0.39, 0.29) is 61.6 Å². The van der Waals surface area contributed by atoms with E-state index in [1.165, 1.54) is 12.1 Å². The minimum Gasteiger partial charge on any atom is -0.454 e. The van der Waals surface area contributed by atoms with E-state index in [4.69, 9.17) is 14.2 Å². The molecule has 1 aromatic rings. The van der Waals surface area contributed by atoms with E-state index in [2.05, 4.69) is 17.8 Å². The molecular weight excluding hydrogens is 586 g/mol. The molecular formula is C33H39NO11. The summed E-state index contributed by atoms with van der Waals surface area (Å²) in [6.45, 7) is 4.80. The van der Waals surface area contributed by atoms with Gasteiger partial charge in [-0.2, -0.15) is 0 Å². The van der Waals surface area contributed by atoms with Crippen molar-refractivity contribution in [1.82, 2.24) is 0 Å². The third-order valence-corrected chi connectivity index (χ3v) is 10.7. The molecule has 5 rings (SSSR count). The first-order valence-electron chi connectivity index (χ1n) is 15.4. The topological polar surface area (TPSA) is 169 Å². The second kappa shape index (κ2) is 12.4. The van der Waals surface area contributed by atoms with Crippen LogP contribution < -0.4 is 0 Å². The summed E-state index contributed by atoms with van der Waals surface area (Å²) in [5.74, 6) is -1.64. The number of ketones is 2. The van der Waals surface area contributed by atoms with Crippen molar-refractivity contribution in [2.24, 2.45) is 28.6 Å². The normalized spacial score (nSPS) is 33.2. The van der Waals surface area contributed by atoms with Crippen LogP contribution in [0.2, 0.25) is 0 Å². The zero-order chi connectivity index (χ0) is 32.6. The SMILES string of the molecule is CCOC(=O)O[C@]1(C(=O)COC(=O)c2ccc(CCO[N+](=O)[O-])cc2)CC[C@H]2[C@@H]3CC=C4CC(=O)C=C[C@]4(C)[C@H]3[C@@H](O)C[C@@]21C. The molecule has 242 valence electrons. The van der Waals surface area contributed by atoms with E-state index in [1.54, 1.807) is 25.1 Å². The van der Waals surface area contributed by atoms with Crippen molar-refractivity contribution in [3.05, 3.63) is 69.3 Å². The summed E-state index contributed by atoms with van der Waals surface area (Å²) in [6.07, 6.45) is 5.86. The van der Waals surface area contributed by atoms with Gasteiger partial charge in [0.2, 0.25) is 5.78 Å². The smallest absolute Gasteiger partial charge is 0.454 e. The number of Topliss-reactive ketones (excluding diaryl/α,β-unsaturated/α-hetero) is 1. The molecule has 45 heavy (non-hydrogen) atoms. The number of aliphatic hydroxyl groups excluding tert-OH is 1. The fourth-order valence-electron chi connectivity index (χ4n) is 8.57. The highest BCUT2D eigenvalue weighted by Crippen LogP contribution is 2.67. The van der Waals surface area contributed by atoms with Gasteiger partial charge in [0, 0.05) is 23.2 Å².